The van der Waals surface area contributed by atoms with Crippen molar-refractivity contribution in [2.75, 3.05) is 19.5 Å². The number of carbonyl (C=O) groups is 1. The molecule has 1 aromatic heterocycles. The number of thioether (sulfide) groups is 1. The number of esters is 1. The van der Waals surface area contributed by atoms with E-state index < -0.39 is 0 Å². The molecule has 0 spiro atoms. The molecule has 0 aromatic carbocycles. The third-order valence-electron chi connectivity index (χ3n) is 1.43. The van der Waals surface area contributed by atoms with E-state index in [9.17, 15) is 4.79 Å². The van der Waals surface area contributed by atoms with Crippen molar-refractivity contribution in [3.8, 4) is 0 Å². The first-order valence-electron chi connectivity index (χ1n) is 3.93. The molecule has 0 saturated heterocycles. The van der Waals surface area contributed by atoms with E-state index in [1.54, 1.807) is 14.0 Å². The van der Waals surface area contributed by atoms with Crippen LogP contribution >= 0.6 is 23.1 Å². The van der Waals surface area contributed by atoms with Gasteiger partial charge in [0.15, 0.2) is 4.34 Å². The summed E-state index contributed by atoms with van der Waals surface area (Å²) in [5, 5.41) is 11.1. The Morgan fingerprint density at radius 2 is 2.36 bits per heavy atom. The number of anilines is 1. The quantitative estimate of drug-likeness (QED) is 0.623. The number of rotatable bonds is 4. The van der Waals surface area contributed by atoms with Gasteiger partial charge in [0.2, 0.25) is 5.13 Å². The number of methoxy groups -OCH3 is 1. The van der Waals surface area contributed by atoms with E-state index in [4.69, 9.17) is 0 Å². The largest absolute Gasteiger partial charge is 0.468 e. The van der Waals surface area contributed by atoms with Crippen LogP contribution < -0.4 is 5.32 Å². The van der Waals surface area contributed by atoms with E-state index in [1.807, 2.05) is 0 Å². The Morgan fingerprint density at radius 3 is 2.86 bits per heavy atom. The van der Waals surface area contributed by atoms with Crippen LogP contribution in [0.4, 0.5) is 5.13 Å². The van der Waals surface area contributed by atoms with Gasteiger partial charge < -0.3 is 10.1 Å². The van der Waals surface area contributed by atoms with Crippen LogP contribution in [0.15, 0.2) is 4.34 Å². The van der Waals surface area contributed by atoms with E-state index in [1.165, 1.54) is 30.2 Å². The van der Waals surface area contributed by atoms with Gasteiger partial charge in [-0.2, -0.15) is 0 Å². The van der Waals surface area contributed by atoms with Crippen molar-refractivity contribution in [1.82, 2.24) is 10.2 Å². The van der Waals surface area contributed by atoms with Crippen LogP contribution in [-0.2, 0) is 9.53 Å². The van der Waals surface area contributed by atoms with Crippen LogP contribution in [-0.4, -0.2) is 35.6 Å². The smallest absolute Gasteiger partial charge is 0.318 e. The maximum Gasteiger partial charge on any atom is 0.318 e. The van der Waals surface area contributed by atoms with Crippen molar-refractivity contribution in [2.45, 2.75) is 16.5 Å². The van der Waals surface area contributed by atoms with Crippen LogP contribution in [0.2, 0.25) is 0 Å². The molecule has 0 bridgehead atoms. The number of aromatic nitrogens is 2. The molecule has 1 rings (SSSR count). The molecule has 0 radical (unpaired) electrons. The monoisotopic (exact) mass is 233 g/mol. The molecule has 0 aliphatic carbocycles. The van der Waals surface area contributed by atoms with Gasteiger partial charge in [0, 0.05) is 7.05 Å². The van der Waals surface area contributed by atoms with Crippen LogP contribution in [0.3, 0.4) is 0 Å². The first kappa shape index (κ1) is 11.3. The molecule has 0 unspecified atom stereocenters. The Balaban J connectivity index is 2.55. The molecular weight excluding hydrogens is 222 g/mol. The summed E-state index contributed by atoms with van der Waals surface area (Å²) in [4.78, 5) is 11.1. The summed E-state index contributed by atoms with van der Waals surface area (Å²) < 4.78 is 5.36. The summed E-state index contributed by atoms with van der Waals surface area (Å²) in [5.41, 5.74) is 0. The third kappa shape index (κ3) is 2.85. The van der Waals surface area contributed by atoms with E-state index in [0.717, 1.165) is 9.47 Å². The first-order valence-corrected chi connectivity index (χ1v) is 5.62. The summed E-state index contributed by atoms with van der Waals surface area (Å²) in [6.07, 6.45) is 0. The average Bonchev–Trinajstić information content (AvgIpc) is 2.64. The van der Waals surface area contributed by atoms with Crippen molar-refractivity contribution >= 4 is 34.2 Å². The molecule has 7 heteroatoms. The van der Waals surface area contributed by atoms with Crippen molar-refractivity contribution in [2.24, 2.45) is 0 Å². The second kappa shape index (κ2) is 5.16. The third-order valence-corrected chi connectivity index (χ3v) is 3.53. The summed E-state index contributed by atoms with van der Waals surface area (Å²) in [7, 11) is 3.15. The second-order valence-corrected chi connectivity index (χ2v) is 4.97. The zero-order valence-corrected chi connectivity index (χ0v) is 9.74. The van der Waals surface area contributed by atoms with Crippen LogP contribution in [0.1, 0.15) is 6.92 Å². The van der Waals surface area contributed by atoms with Gasteiger partial charge in [0.1, 0.15) is 5.25 Å². The molecule has 1 heterocycles. The fraction of sp³-hybridized carbons (Fsp3) is 0.571. The molecule has 0 amide bonds. The Bertz CT molecular complexity index is 316. The fourth-order valence-corrected chi connectivity index (χ4v) is 2.60. The van der Waals surface area contributed by atoms with E-state index in [0.29, 0.717) is 0 Å². The summed E-state index contributed by atoms with van der Waals surface area (Å²) in [6.45, 7) is 1.77. The zero-order valence-electron chi connectivity index (χ0n) is 8.10. The van der Waals surface area contributed by atoms with Gasteiger partial charge in [-0.05, 0) is 6.92 Å². The SMILES string of the molecule is CNc1nnc(S[C@@H](C)C(=O)OC)s1. The van der Waals surface area contributed by atoms with Crippen LogP contribution in [0.25, 0.3) is 0 Å². The summed E-state index contributed by atoms with van der Waals surface area (Å²) in [5.74, 6) is -0.254. The molecule has 0 fully saturated rings. The van der Waals surface area contributed by atoms with Gasteiger partial charge >= 0.3 is 5.97 Å². The van der Waals surface area contributed by atoms with Gasteiger partial charge in [-0.3, -0.25) is 4.79 Å². The zero-order chi connectivity index (χ0) is 10.6. The second-order valence-electron chi connectivity index (χ2n) is 2.41. The minimum absolute atomic E-state index is 0.252. The lowest BCUT2D eigenvalue weighted by molar-refractivity contribution is -0.139. The summed E-state index contributed by atoms with van der Waals surface area (Å²) >= 11 is 2.75. The van der Waals surface area contributed by atoms with Gasteiger partial charge in [-0.15, -0.1) is 10.2 Å². The molecule has 0 aliphatic heterocycles. The predicted molar refractivity (Wildman–Crippen MR) is 56.8 cm³/mol. The fourth-order valence-electron chi connectivity index (χ4n) is 0.724. The molecule has 5 nitrogen and oxygen atoms in total. The van der Waals surface area contributed by atoms with Gasteiger partial charge in [0.05, 0.1) is 7.11 Å². The number of nitrogens with one attached hydrogen (secondary N) is 1. The molecule has 1 N–H and O–H groups in total. The highest BCUT2D eigenvalue weighted by molar-refractivity contribution is 8.02. The number of ether oxygens (including phenoxy) is 1. The Morgan fingerprint density at radius 1 is 1.64 bits per heavy atom. The highest BCUT2D eigenvalue weighted by atomic mass is 32.2. The normalized spacial score (nSPS) is 12.2. The lowest BCUT2D eigenvalue weighted by atomic mass is 10.5. The van der Waals surface area contributed by atoms with E-state index in [-0.39, 0.29) is 11.2 Å². The van der Waals surface area contributed by atoms with E-state index in [2.05, 4.69) is 20.3 Å². The maximum absolute atomic E-state index is 11.1. The minimum Gasteiger partial charge on any atom is -0.468 e. The van der Waals surface area contributed by atoms with Gasteiger partial charge in [-0.25, -0.2) is 0 Å². The van der Waals surface area contributed by atoms with Crippen LogP contribution in [0, 0.1) is 0 Å². The number of nitrogens with zero attached hydrogens (tertiary/aromatic N) is 2. The Hall–Kier alpha value is -0.820. The Labute approximate surface area is 90.3 Å². The molecule has 0 saturated carbocycles. The first-order chi connectivity index (χ1) is 6.67. The lowest BCUT2D eigenvalue weighted by Gasteiger charge is -2.04. The molecule has 1 atom stereocenters. The Kier molecular flexibility index (Phi) is 4.15. The predicted octanol–water partition coefficient (Wildman–Crippen LogP) is 1.23. The van der Waals surface area contributed by atoms with Crippen LogP contribution in [0.5, 0.6) is 0 Å². The maximum atomic E-state index is 11.1. The summed E-state index contributed by atoms with van der Waals surface area (Å²) in [6, 6.07) is 0. The minimum atomic E-state index is -0.254. The number of hydrogen-bond acceptors (Lipinski definition) is 7. The lowest BCUT2D eigenvalue weighted by Crippen LogP contribution is -2.14. The van der Waals surface area contributed by atoms with Gasteiger partial charge in [-0.1, -0.05) is 23.1 Å². The number of hydrogen-bond donors (Lipinski definition) is 1. The highest BCUT2D eigenvalue weighted by Crippen LogP contribution is 2.28. The number of carbonyl (C=O) groups excluding carboxylic acids is 1. The topological polar surface area (TPSA) is 64.1 Å². The molecule has 1 aromatic rings. The van der Waals surface area contributed by atoms with Gasteiger partial charge in [0.25, 0.3) is 0 Å². The van der Waals surface area contributed by atoms with Crippen molar-refractivity contribution in [3.05, 3.63) is 0 Å². The molecule has 0 aliphatic rings. The standard InChI is InChI=1S/C7H11N3O2S2/c1-4(5(11)12-3)13-7-10-9-6(8-2)14-7/h4H,1-3H3,(H,8,9)/t4-/m0/s1. The molecule has 14 heavy (non-hydrogen) atoms. The van der Waals surface area contributed by atoms with Crippen molar-refractivity contribution in [1.29, 1.82) is 0 Å². The molecule has 78 valence electrons. The van der Waals surface area contributed by atoms with Crippen molar-refractivity contribution < 1.29 is 9.53 Å². The molecular formula is C7H11N3O2S2. The average molecular weight is 233 g/mol. The highest BCUT2D eigenvalue weighted by Gasteiger charge is 2.16. The van der Waals surface area contributed by atoms with E-state index >= 15 is 0 Å². The van der Waals surface area contributed by atoms with Crippen molar-refractivity contribution in [3.63, 3.8) is 0 Å².